The van der Waals surface area contributed by atoms with E-state index in [-0.39, 0.29) is 5.91 Å². The van der Waals surface area contributed by atoms with Crippen molar-refractivity contribution in [3.05, 3.63) is 60.0 Å². The molecule has 0 saturated heterocycles. The van der Waals surface area contributed by atoms with Gasteiger partial charge in [0, 0.05) is 25.5 Å². The summed E-state index contributed by atoms with van der Waals surface area (Å²) in [6, 6.07) is 15.2. The number of rotatable bonds is 9. The summed E-state index contributed by atoms with van der Waals surface area (Å²) in [4.78, 5) is 18.4. The van der Waals surface area contributed by atoms with Crippen LogP contribution in [0.4, 0.5) is 0 Å². The lowest BCUT2D eigenvalue weighted by Crippen LogP contribution is -2.31. The van der Waals surface area contributed by atoms with Crippen molar-refractivity contribution in [3.63, 3.8) is 0 Å². The van der Waals surface area contributed by atoms with Crippen LogP contribution in [-0.2, 0) is 11.2 Å². The van der Waals surface area contributed by atoms with E-state index < -0.39 is 0 Å². The average molecular weight is 395 g/mol. The second-order valence-corrected chi connectivity index (χ2v) is 6.67. The lowest BCUT2D eigenvalue weighted by molar-refractivity contribution is -0.130. The summed E-state index contributed by atoms with van der Waals surface area (Å²) < 4.78 is 16.2. The number of ether oxygens (including phenoxy) is 2. The zero-order valence-electron chi connectivity index (χ0n) is 16.9. The summed E-state index contributed by atoms with van der Waals surface area (Å²) in [7, 11) is 3.38. The van der Waals surface area contributed by atoms with Gasteiger partial charge in [0.2, 0.25) is 17.6 Å². The first-order valence-corrected chi connectivity index (χ1v) is 9.46. The van der Waals surface area contributed by atoms with Crippen LogP contribution in [-0.4, -0.2) is 48.3 Å². The standard InChI is InChI=1S/C22H25N3O4/c1-16-6-4-5-7-19(16)28-15-14-25(2)21(26)13-12-20-23-22(24-29-20)17-8-10-18(27-3)11-9-17/h4-11H,12-15H2,1-3H3. The highest BCUT2D eigenvalue weighted by Gasteiger charge is 2.13. The number of likely N-dealkylation sites (N-methyl/N-ethyl adjacent to an activating group) is 1. The van der Waals surface area contributed by atoms with Gasteiger partial charge in [-0.3, -0.25) is 4.79 Å². The fourth-order valence-electron chi connectivity index (χ4n) is 2.75. The topological polar surface area (TPSA) is 77.7 Å². The van der Waals surface area contributed by atoms with E-state index in [2.05, 4.69) is 10.1 Å². The molecule has 2 aromatic carbocycles. The fourth-order valence-corrected chi connectivity index (χ4v) is 2.75. The van der Waals surface area contributed by atoms with E-state index in [1.165, 1.54) is 0 Å². The van der Waals surface area contributed by atoms with Crippen molar-refractivity contribution in [3.8, 4) is 22.9 Å². The molecule has 0 radical (unpaired) electrons. The van der Waals surface area contributed by atoms with Gasteiger partial charge in [0.1, 0.15) is 18.1 Å². The minimum Gasteiger partial charge on any atom is -0.497 e. The molecule has 0 aliphatic rings. The minimum atomic E-state index is 0.00239. The maximum Gasteiger partial charge on any atom is 0.227 e. The van der Waals surface area contributed by atoms with Gasteiger partial charge in [-0.15, -0.1) is 0 Å². The number of carbonyl (C=O) groups is 1. The zero-order valence-corrected chi connectivity index (χ0v) is 16.9. The molecule has 0 aliphatic carbocycles. The summed E-state index contributed by atoms with van der Waals surface area (Å²) in [5.74, 6) is 2.54. The van der Waals surface area contributed by atoms with Crippen molar-refractivity contribution < 1.29 is 18.8 Å². The number of amides is 1. The molecule has 7 nitrogen and oxygen atoms in total. The maximum absolute atomic E-state index is 12.3. The summed E-state index contributed by atoms with van der Waals surface area (Å²) in [5.41, 5.74) is 1.91. The Bertz CT molecular complexity index is 937. The third-order valence-corrected chi connectivity index (χ3v) is 4.57. The molecule has 3 aromatic rings. The largest absolute Gasteiger partial charge is 0.497 e. The Labute approximate surface area is 170 Å². The smallest absolute Gasteiger partial charge is 0.227 e. The van der Waals surface area contributed by atoms with Crippen molar-refractivity contribution in [2.45, 2.75) is 19.8 Å². The highest BCUT2D eigenvalue weighted by atomic mass is 16.5. The lowest BCUT2D eigenvalue weighted by atomic mass is 10.2. The molecule has 3 rings (SSSR count). The van der Waals surface area contributed by atoms with Crippen molar-refractivity contribution in [2.24, 2.45) is 0 Å². The summed E-state index contributed by atoms with van der Waals surface area (Å²) in [6.07, 6.45) is 0.691. The Kier molecular flexibility index (Phi) is 6.84. The van der Waals surface area contributed by atoms with E-state index in [0.717, 1.165) is 22.6 Å². The summed E-state index contributed by atoms with van der Waals surface area (Å²) in [6.45, 7) is 2.94. The molecule has 0 bridgehead atoms. The van der Waals surface area contributed by atoms with E-state index in [9.17, 15) is 4.79 Å². The number of carbonyl (C=O) groups excluding carboxylic acids is 1. The molecule has 0 fully saturated rings. The van der Waals surface area contributed by atoms with E-state index in [1.807, 2.05) is 55.5 Å². The molecule has 0 aliphatic heterocycles. The molecule has 0 spiro atoms. The first-order valence-electron chi connectivity index (χ1n) is 9.46. The molecule has 7 heteroatoms. The first-order chi connectivity index (χ1) is 14.1. The van der Waals surface area contributed by atoms with Gasteiger partial charge in [-0.25, -0.2) is 0 Å². The first kappa shape index (κ1) is 20.4. The molecule has 0 atom stereocenters. The van der Waals surface area contributed by atoms with Crippen molar-refractivity contribution in [1.82, 2.24) is 15.0 Å². The third-order valence-electron chi connectivity index (χ3n) is 4.57. The average Bonchev–Trinajstić information content (AvgIpc) is 3.22. The van der Waals surface area contributed by atoms with E-state index in [4.69, 9.17) is 14.0 Å². The second-order valence-electron chi connectivity index (χ2n) is 6.67. The van der Waals surface area contributed by atoms with Crippen LogP contribution in [0.15, 0.2) is 53.1 Å². The third kappa shape index (κ3) is 5.57. The molecule has 29 heavy (non-hydrogen) atoms. The molecule has 0 saturated carbocycles. The van der Waals surface area contributed by atoms with E-state index in [0.29, 0.717) is 37.7 Å². The van der Waals surface area contributed by atoms with Crippen LogP contribution in [0.5, 0.6) is 11.5 Å². The number of para-hydroxylation sites is 1. The van der Waals surface area contributed by atoms with Crippen LogP contribution < -0.4 is 9.47 Å². The van der Waals surface area contributed by atoms with Gasteiger partial charge in [-0.2, -0.15) is 4.98 Å². The quantitative estimate of drug-likeness (QED) is 0.552. The number of nitrogens with zero attached hydrogens (tertiary/aromatic N) is 3. The lowest BCUT2D eigenvalue weighted by Gasteiger charge is -2.17. The Balaban J connectivity index is 1.45. The van der Waals surface area contributed by atoms with E-state index in [1.54, 1.807) is 19.1 Å². The van der Waals surface area contributed by atoms with Gasteiger partial charge in [0.25, 0.3) is 0 Å². The number of aryl methyl sites for hydroxylation is 2. The number of methoxy groups -OCH3 is 1. The molecular formula is C22H25N3O4. The summed E-state index contributed by atoms with van der Waals surface area (Å²) in [5, 5.41) is 3.98. The Morgan fingerprint density at radius 3 is 2.62 bits per heavy atom. The highest BCUT2D eigenvalue weighted by Crippen LogP contribution is 2.20. The molecule has 1 heterocycles. The molecule has 1 amide bonds. The molecule has 0 unspecified atom stereocenters. The SMILES string of the molecule is COc1ccc(-c2noc(CCC(=O)N(C)CCOc3ccccc3C)n2)cc1. The van der Waals surface area contributed by atoms with Crippen LogP contribution in [0.3, 0.4) is 0 Å². The van der Waals surface area contributed by atoms with Crippen LogP contribution in [0.25, 0.3) is 11.4 Å². The van der Waals surface area contributed by atoms with Crippen LogP contribution in [0.2, 0.25) is 0 Å². The minimum absolute atomic E-state index is 0.00239. The zero-order chi connectivity index (χ0) is 20.6. The fraction of sp³-hybridized carbons (Fsp3) is 0.318. The summed E-state index contributed by atoms with van der Waals surface area (Å²) >= 11 is 0. The van der Waals surface area contributed by atoms with Gasteiger partial charge in [0.15, 0.2) is 0 Å². The van der Waals surface area contributed by atoms with Crippen LogP contribution in [0.1, 0.15) is 17.9 Å². The monoisotopic (exact) mass is 395 g/mol. The van der Waals surface area contributed by atoms with Crippen molar-refractivity contribution in [1.29, 1.82) is 0 Å². The number of benzene rings is 2. The second kappa shape index (κ2) is 9.73. The van der Waals surface area contributed by atoms with E-state index >= 15 is 0 Å². The molecule has 152 valence electrons. The highest BCUT2D eigenvalue weighted by molar-refractivity contribution is 5.76. The van der Waals surface area contributed by atoms with Gasteiger partial charge in [-0.05, 0) is 42.8 Å². The molecule has 0 N–H and O–H groups in total. The number of hydrogen-bond acceptors (Lipinski definition) is 6. The molecular weight excluding hydrogens is 370 g/mol. The molecule has 1 aromatic heterocycles. The number of aromatic nitrogens is 2. The van der Waals surface area contributed by atoms with Crippen LogP contribution in [0, 0.1) is 6.92 Å². The predicted octanol–water partition coefficient (Wildman–Crippen LogP) is 3.52. The Morgan fingerprint density at radius 1 is 1.14 bits per heavy atom. The normalized spacial score (nSPS) is 10.6. The predicted molar refractivity (Wildman–Crippen MR) is 109 cm³/mol. The Hall–Kier alpha value is -3.35. The van der Waals surface area contributed by atoms with Crippen molar-refractivity contribution >= 4 is 5.91 Å². The van der Waals surface area contributed by atoms with Crippen molar-refractivity contribution in [2.75, 3.05) is 27.3 Å². The van der Waals surface area contributed by atoms with Gasteiger partial charge in [-0.1, -0.05) is 23.4 Å². The van der Waals surface area contributed by atoms with Gasteiger partial charge in [0.05, 0.1) is 13.7 Å². The van der Waals surface area contributed by atoms with Gasteiger partial charge >= 0.3 is 0 Å². The Morgan fingerprint density at radius 2 is 1.90 bits per heavy atom. The van der Waals surface area contributed by atoms with Gasteiger partial charge < -0.3 is 18.9 Å². The maximum atomic E-state index is 12.3. The number of hydrogen-bond donors (Lipinski definition) is 0. The van der Waals surface area contributed by atoms with Crippen LogP contribution >= 0.6 is 0 Å².